The lowest BCUT2D eigenvalue weighted by Gasteiger charge is -2.36. The number of nitro groups is 1. The molecule has 2 aromatic rings. The van der Waals surface area contributed by atoms with Gasteiger partial charge >= 0.3 is 5.00 Å². The largest absolute Gasteiger partial charge is 0.368 e. The number of nitrogens with zero attached hydrogens (tertiary/aromatic N) is 4. The van der Waals surface area contributed by atoms with Crippen molar-refractivity contribution in [2.45, 2.75) is 6.54 Å². The molecule has 2 heterocycles. The van der Waals surface area contributed by atoms with E-state index in [2.05, 4.69) is 48.2 Å². The zero-order valence-electron chi connectivity index (χ0n) is 16.1. The summed E-state index contributed by atoms with van der Waals surface area (Å²) in [6, 6.07) is 11.6. The molecule has 0 bridgehead atoms. The predicted octanol–water partition coefficient (Wildman–Crippen LogP) is 3.08. The third-order valence-electron chi connectivity index (χ3n) is 4.55. The van der Waals surface area contributed by atoms with Crippen LogP contribution in [0.3, 0.4) is 0 Å². The van der Waals surface area contributed by atoms with Crippen LogP contribution in [0.15, 0.2) is 42.5 Å². The fourth-order valence-electron chi connectivity index (χ4n) is 3.19. The van der Waals surface area contributed by atoms with Gasteiger partial charge < -0.3 is 14.7 Å². The van der Waals surface area contributed by atoms with E-state index < -0.39 is 4.92 Å². The minimum Gasteiger partial charge on any atom is -0.368 e. The number of hydrogen-bond donors (Lipinski definition) is 0. The van der Waals surface area contributed by atoms with Crippen LogP contribution in [0.5, 0.6) is 0 Å². The summed E-state index contributed by atoms with van der Waals surface area (Å²) >= 11 is 1.06. The van der Waals surface area contributed by atoms with Crippen LogP contribution in [0.25, 0.3) is 6.08 Å². The Morgan fingerprint density at radius 2 is 1.96 bits per heavy atom. The molecule has 1 aromatic carbocycles. The topological polar surface area (TPSA) is 69.9 Å². The number of carbonyl (C=O) groups is 1. The first-order chi connectivity index (χ1) is 13.4. The smallest absolute Gasteiger partial charge is 0.324 e. The highest BCUT2D eigenvalue weighted by atomic mass is 32.1. The van der Waals surface area contributed by atoms with Gasteiger partial charge in [0.15, 0.2) is 0 Å². The Labute approximate surface area is 168 Å². The Morgan fingerprint density at radius 1 is 1.21 bits per heavy atom. The molecular formula is C20H24N4O3S. The molecule has 0 aliphatic carbocycles. The maximum atomic E-state index is 12.4. The molecule has 7 nitrogen and oxygen atoms in total. The Balaban J connectivity index is 1.55. The van der Waals surface area contributed by atoms with Gasteiger partial charge in [0.1, 0.15) is 0 Å². The van der Waals surface area contributed by atoms with Crippen molar-refractivity contribution in [3.05, 3.63) is 63.0 Å². The van der Waals surface area contributed by atoms with E-state index in [4.69, 9.17) is 0 Å². The summed E-state index contributed by atoms with van der Waals surface area (Å²) in [7, 11) is 4.11. The average Bonchev–Trinajstić information content (AvgIpc) is 3.15. The van der Waals surface area contributed by atoms with Crippen LogP contribution in [-0.4, -0.2) is 60.9 Å². The molecular weight excluding hydrogens is 376 g/mol. The third-order valence-corrected chi connectivity index (χ3v) is 5.55. The van der Waals surface area contributed by atoms with E-state index >= 15 is 0 Å². The Bertz CT molecular complexity index is 870. The molecule has 0 N–H and O–H groups in total. The molecule has 1 aromatic heterocycles. The van der Waals surface area contributed by atoms with Crippen molar-refractivity contribution in [3.8, 4) is 0 Å². The Hall–Kier alpha value is -2.71. The number of anilines is 1. The van der Waals surface area contributed by atoms with Gasteiger partial charge in [-0.1, -0.05) is 23.5 Å². The van der Waals surface area contributed by atoms with Gasteiger partial charge in [-0.2, -0.15) is 0 Å². The normalized spacial score (nSPS) is 14.8. The number of rotatable bonds is 6. The van der Waals surface area contributed by atoms with Gasteiger partial charge in [-0.25, -0.2) is 0 Å². The van der Waals surface area contributed by atoms with Crippen LogP contribution in [0.4, 0.5) is 10.7 Å². The van der Waals surface area contributed by atoms with Gasteiger partial charge in [-0.05, 0) is 43.9 Å². The highest BCUT2D eigenvalue weighted by Crippen LogP contribution is 2.25. The van der Waals surface area contributed by atoms with Crippen molar-refractivity contribution >= 4 is 34.0 Å². The molecule has 1 aliphatic heterocycles. The number of amides is 1. The van der Waals surface area contributed by atoms with E-state index in [0.717, 1.165) is 31.0 Å². The Kier molecular flexibility index (Phi) is 6.43. The SMILES string of the molecule is CN(C)Cc1cccc(N2CCN(C(=O)/C=C/c3ccc([N+](=O)[O-])s3)CC2)c1. The van der Waals surface area contributed by atoms with Gasteiger partial charge in [0.25, 0.3) is 0 Å². The Morgan fingerprint density at radius 3 is 2.61 bits per heavy atom. The molecule has 3 rings (SSSR count). The summed E-state index contributed by atoms with van der Waals surface area (Å²) in [4.78, 5) is 29.7. The van der Waals surface area contributed by atoms with E-state index in [9.17, 15) is 14.9 Å². The second-order valence-electron chi connectivity index (χ2n) is 6.99. The molecule has 1 fully saturated rings. The summed E-state index contributed by atoms with van der Waals surface area (Å²) in [5.41, 5.74) is 2.46. The molecule has 1 saturated heterocycles. The molecule has 0 atom stereocenters. The minimum atomic E-state index is -0.420. The highest BCUT2D eigenvalue weighted by Gasteiger charge is 2.20. The molecule has 0 spiro atoms. The molecule has 148 valence electrons. The summed E-state index contributed by atoms with van der Waals surface area (Å²) in [5.74, 6) is -0.0583. The highest BCUT2D eigenvalue weighted by molar-refractivity contribution is 7.16. The lowest BCUT2D eigenvalue weighted by Crippen LogP contribution is -2.48. The molecule has 1 aliphatic rings. The third kappa shape index (κ3) is 5.17. The average molecular weight is 401 g/mol. The van der Waals surface area contributed by atoms with E-state index in [-0.39, 0.29) is 10.9 Å². The van der Waals surface area contributed by atoms with Crippen molar-refractivity contribution < 1.29 is 9.72 Å². The summed E-state index contributed by atoms with van der Waals surface area (Å²) in [5, 5.41) is 10.8. The quantitative estimate of drug-likeness (QED) is 0.423. The monoisotopic (exact) mass is 400 g/mol. The van der Waals surface area contributed by atoms with Gasteiger partial charge in [0.2, 0.25) is 5.91 Å². The van der Waals surface area contributed by atoms with E-state index in [1.54, 1.807) is 12.1 Å². The van der Waals surface area contributed by atoms with Crippen molar-refractivity contribution in [2.75, 3.05) is 45.2 Å². The van der Waals surface area contributed by atoms with Crippen molar-refractivity contribution in [1.82, 2.24) is 9.80 Å². The fraction of sp³-hybridized carbons (Fsp3) is 0.350. The number of hydrogen-bond acceptors (Lipinski definition) is 6. The lowest BCUT2D eigenvalue weighted by atomic mass is 10.1. The molecule has 28 heavy (non-hydrogen) atoms. The molecule has 0 radical (unpaired) electrons. The molecule has 1 amide bonds. The fourth-order valence-corrected chi connectivity index (χ4v) is 3.91. The first kappa shape index (κ1) is 20.0. The summed E-state index contributed by atoms with van der Waals surface area (Å²) in [6.07, 6.45) is 3.15. The van der Waals surface area contributed by atoms with Crippen molar-refractivity contribution in [1.29, 1.82) is 0 Å². The first-order valence-corrected chi connectivity index (χ1v) is 9.94. The van der Waals surface area contributed by atoms with Crippen LogP contribution in [0.2, 0.25) is 0 Å². The van der Waals surface area contributed by atoms with Crippen molar-refractivity contribution in [2.24, 2.45) is 0 Å². The summed E-state index contributed by atoms with van der Waals surface area (Å²) < 4.78 is 0. The van der Waals surface area contributed by atoms with Crippen LogP contribution in [0.1, 0.15) is 10.4 Å². The molecule has 0 unspecified atom stereocenters. The lowest BCUT2D eigenvalue weighted by molar-refractivity contribution is -0.380. The van der Waals surface area contributed by atoms with Crippen LogP contribution in [-0.2, 0) is 11.3 Å². The van der Waals surface area contributed by atoms with E-state index in [1.165, 1.54) is 23.4 Å². The second-order valence-corrected chi connectivity index (χ2v) is 8.08. The standard InChI is InChI=1S/C20H24N4O3S/c1-21(2)15-16-4-3-5-17(14-16)22-10-12-23(13-11-22)19(25)8-6-18-7-9-20(28-18)24(26)27/h3-9,14H,10-13,15H2,1-2H3/b8-6+. The number of piperazine rings is 1. The minimum absolute atomic E-state index is 0.0583. The number of carbonyl (C=O) groups excluding carboxylic acids is 1. The maximum Gasteiger partial charge on any atom is 0.324 e. The number of thiophene rings is 1. The molecule has 8 heteroatoms. The van der Waals surface area contributed by atoms with Gasteiger partial charge in [-0.3, -0.25) is 14.9 Å². The van der Waals surface area contributed by atoms with E-state index in [0.29, 0.717) is 18.0 Å². The van der Waals surface area contributed by atoms with Crippen molar-refractivity contribution in [3.63, 3.8) is 0 Å². The molecule has 0 saturated carbocycles. The van der Waals surface area contributed by atoms with Gasteiger partial charge in [0, 0.05) is 55.4 Å². The zero-order chi connectivity index (χ0) is 20.1. The maximum absolute atomic E-state index is 12.4. The number of benzene rings is 1. The van der Waals surface area contributed by atoms with E-state index in [1.807, 2.05) is 4.90 Å². The van der Waals surface area contributed by atoms with Crippen LogP contribution < -0.4 is 4.90 Å². The second kappa shape index (κ2) is 8.99. The van der Waals surface area contributed by atoms with Crippen LogP contribution >= 0.6 is 11.3 Å². The summed E-state index contributed by atoms with van der Waals surface area (Å²) in [6.45, 7) is 3.79. The van der Waals surface area contributed by atoms with Gasteiger partial charge in [-0.15, -0.1) is 0 Å². The van der Waals surface area contributed by atoms with Crippen LogP contribution in [0, 0.1) is 10.1 Å². The predicted molar refractivity (Wildman–Crippen MR) is 113 cm³/mol. The first-order valence-electron chi connectivity index (χ1n) is 9.12. The van der Waals surface area contributed by atoms with Gasteiger partial charge in [0.05, 0.1) is 4.92 Å². The zero-order valence-corrected chi connectivity index (χ0v) is 16.9.